The minimum absolute atomic E-state index is 0.276. The Labute approximate surface area is 98.0 Å². The number of alkyl halides is 1. The molecule has 1 aromatic heterocycles. The van der Waals surface area contributed by atoms with Crippen LogP contribution in [0.2, 0.25) is 0 Å². The molecule has 0 radical (unpaired) electrons. The third-order valence-corrected chi connectivity index (χ3v) is 2.30. The second kappa shape index (κ2) is 4.75. The Bertz CT molecular complexity index is 358. The van der Waals surface area contributed by atoms with Gasteiger partial charge in [0.1, 0.15) is 0 Å². The zero-order chi connectivity index (χ0) is 11.5. The van der Waals surface area contributed by atoms with E-state index in [1.807, 2.05) is 32.9 Å². The van der Waals surface area contributed by atoms with Gasteiger partial charge in [-0.25, -0.2) is 4.98 Å². The maximum Gasteiger partial charge on any atom is 0.317 e. The van der Waals surface area contributed by atoms with Crippen LogP contribution in [-0.2, 0) is 10.1 Å². The summed E-state index contributed by atoms with van der Waals surface area (Å²) in [7, 11) is 0. The lowest BCUT2D eigenvalue weighted by Gasteiger charge is -2.15. The topological polar surface area (TPSA) is 39.2 Å². The monoisotopic (exact) mass is 271 g/mol. The lowest BCUT2D eigenvalue weighted by Crippen LogP contribution is -2.25. The minimum atomic E-state index is -0.508. The summed E-state index contributed by atoms with van der Waals surface area (Å²) in [6.45, 7) is 5.43. The molecule has 3 nitrogen and oxygen atoms in total. The zero-order valence-corrected chi connectivity index (χ0v) is 10.7. The smallest absolute Gasteiger partial charge is 0.317 e. The van der Waals surface area contributed by atoms with Crippen molar-refractivity contribution >= 4 is 21.9 Å². The van der Waals surface area contributed by atoms with Crippen LogP contribution in [0.15, 0.2) is 18.2 Å². The van der Waals surface area contributed by atoms with Gasteiger partial charge < -0.3 is 4.74 Å². The maximum atomic E-state index is 11.6. The average Bonchev–Trinajstić information content (AvgIpc) is 2.16. The normalized spacial score (nSPS) is 11.2. The van der Waals surface area contributed by atoms with Crippen molar-refractivity contribution in [2.45, 2.75) is 26.1 Å². The Morgan fingerprint density at radius 2 is 2.13 bits per heavy atom. The van der Waals surface area contributed by atoms with E-state index in [4.69, 9.17) is 4.74 Å². The van der Waals surface area contributed by atoms with Crippen LogP contribution in [0.25, 0.3) is 0 Å². The van der Waals surface area contributed by atoms with Gasteiger partial charge in [0.05, 0.1) is 11.1 Å². The SMILES string of the molecule is CC(C)(C)C(=O)Oc1cccc(CBr)n1. The number of aromatic nitrogens is 1. The van der Waals surface area contributed by atoms with E-state index in [0.717, 1.165) is 5.69 Å². The molecule has 0 bridgehead atoms. The van der Waals surface area contributed by atoms with E-state index in [9.17, 15) is 4.79 Å². The fourth-order valence-corrected chi connectivity index (χ4v) is 1.15. The fourth-order valence-electron chi connectivity index (χ4n) is 0.837. The molecule has 0 aliphatic heterocycles. The first-order valence-electron chi connectivity index (χ1n) is 4.67. The lowest BCUT2D eigenvalue weighted by molar-refractivity contribution is -0.143. The summed E-state index contributed by atoms with van der Waals surface area (Å²) in [4.78, 5) is 15.7. The quantitative estimate of drug-likeness (QED) is 0.613. The molecule has 4 heteroatoms. The van der Waals surface area contributed by atoms with Gasteiger partial charge in [0, 0.05) is 11.4 Å². The van der Waals surface area contributed by atoms with E-state index < -0.39 is 5.41 Å². The number of hydrogen-bond acceptors (Lipinski definition) is 3. The highest BCUT2D eigenvalue weighted by atomic mass is 79.9. The van der Waals surface area contributed by atoms with Crippen LogP contribution in [0.3, 0.4) is 0 Å². The van der Waals surface area contributed by atoms with Crippen molar-refractivity contribution < 1.29 is 9.53 Å². The fraction of sp³-hybridized carbons (Fsp3) is 0.455. The highest BCUT2D eigenvalue weighted by Crippen LogP contribution is 2.18. The molecule has 0 unspecified atom stereocenters. The van der Waals surface area contributed by atoms with Gasteiger partial charge in [-0.15, -0.1) is 0 Å². The Morgan fingerprint density at radius 1 is 1.47 bits per heavy atom. The van der Waals surface area contributed by atoms with Crippen LogP contribution in [0.5, 0.6) is 5.88 Å². The predicted molar refractivity (Wildman–Crippen MR) is 62.0 cm³/mol. The summed E-state index contributed by atoms with van der Waals surface area (Å²) < 4.78 is 5.15. The highest BCUT2D eigenvalue weighted by Gasteiger charge is 2.24. The molecule has 0 fully saturated rings. The third kappa shape index (κ3) is 3.63. The highest BCUT2D eigenvalue weighted by molar-refractivity contribution is 9.08. The van der Waals surface area contributed by atoms with E-state index >= 15 is 0 Å². The van der Waals surface area contributed by atoms with Gasteiger partial charge in [-0.1, -0.05) is 22.0 Å². The summed E-state index contributed by atoms with van der Waals surface area (Å²) in [5.41, 5.74) is 0.334. The minimum Gasteiger partial charge on any atom is -0.407 e. The van der Waals surface area contributed by atoms with Crippen molar-refractivity contribution in [2.75, 3.05) is 0 Å². The van der Waals surface area contributed by atoms with Gasteiger partial charge >= 0.3 is 5.97 Å². The molecule has 0 N–H and O–H groups in total. The lowest BCUT2D eigenvalue weighted by atomic mass is 9.97. The number of nitrogens with zero attached hydrogens (tertiary/aromatic N) is 1. The first-order valence-corrected chi connectivity index (χ1v) is 5.80. The number of carbonyl (C=O) groups is 1. The largest absolute Gasteiger partial charge is 0.407 e. The summed E-state index contributed by atoms with van der Waals surface area (Å²) in [6.07, 6.45) is 0. The predicted octanol–water partition coefficient (Wildman–Crippen LogP) is 2.93. The molecule has 0 aromatic carbocycles. The van der Waals surface area contributed by atoms with Crippen molar-refractivity contribution in [1.29, 1.82) is 0 Å². The van der Waals surface area contributed by atoms with Crippen LogP contribution in [0.4, 0.5) is 0 Å². The number of halogens is 1. The van der Waals surface area contributed by atoms with Gasteiger partial charge in [0.15, 0.2) is 0 Å². The third-order valence-electron chi connectivity index (χ3n) is 1.73. The summed E-state index contributed by atoms with van der Waals surface area (Å²) in [6, 6.07) is 5.36. The zero-order valence-electron chi connectivity index (χ0n) is 9.08. The van der Waals surface area contributed by atoms with Gasteiger partial charge in [-0.05, 0) is 26.8 Å². The van der Waals surface area contributed by atoms with Crippen molar-refractivity contribution in [2.24, 2.45) is 5.41 Å². The van der Waals surface area contributed by atoms with Crippen LogP contribution in [0.1, 0.15) is 26.5 Å². The number of hydrogen-bond donors (Lipinski definition) is 0. The van der Waals surface area contributed by atoms with Gasteiger partial charge in [0.25, 0.3) is 0 Å². The summed E-state index contributed by atoms with van der Waals surface area (Å²) in [5.74, 6) is 0.0774. The maximum absolute atomic E-state index is 11.6. The van der Waals surface area contributed by atoms with Crippen LogP contribution >= 0.6 is 15.9 Å². The molecule has 0 saturated carbocycles. The number of ether oxygens (including phenoxy) is 1. The van der Waals surface area contributed by atoms with E-state index in [-0.39, 0.29) is 5.97 Å². The number of pyridine rings is 1. The summed E-state index contributed by atoms with van der Waals surface area (Å²) >= 11 is 3.29. The molecule has 0 saturated heterocycles. The van der Waals surface area contributed by atoms with Crippen LogP contribution in [-0.4, -0.2) is 11.0 Å². The van der Waals surface area contributed by atoms with Gasteiger partial charge in [0.2, 0.25) is 5.88 Å². The molecule has 0 aliphatic carbocycles. The van der Waals surface area contributed by atoms with E-state index in [0.29, 0.717) is 11.2 Å². The van der Waals surface area contributed by atoms with Crippen molar-refractivity contribution in [3.05, 3.63) is 23.9 Å². The molecular weight excluding hydrogens is 258 g/mol. The number of rotatable bonds is 2. The molecule has 0 spiro atoms. The standard InChI is InChI=1S/C11H14BrNO2/c1-11(2,3)10(14)15-9-6-4-5-8(7-12)13-9/h4-6H,7H2,1-3H3. The molecular formula is C11H14BrNO2. The molecule has 1 aromatic rings. The number of esters is 1. The van der Waals surface area contributed by atoms with Crippen molar-refractivity contribution in [1.82, 2.24) is 4.98 Å². The molecule has 1 heterocycles. The van der Waals surface area contributed by atoms with Gasteiger partial charge in [-0.3, -0.25) is 4.79 Å². The van der Waals surface area contributed by atoms with E-state index in [2.05, 4.69) is 20.9 Å². The van der Waals surface area contributed by atoms with Gasteiger partial charge in [-0.2, -0.15) is 0 Å². The first-order chi connectivity index (χ1) is 6.93. The molecule has 1 rings (SSSR count). The molecule has 82 valence electrons. The van der Waals surface area contributed by atoms with Crippen molar-refractivity contribution in [3.8, 4) is 5.88 Å². The second-order valence-corrected chi connectivity index (χ2v) is 4.80. The molecule has 0 amide bonds. The average molecular weight is 272 g/mol. The van der Waals surface area contributed by atoms with Crippen LogP contribution < -0.4 is 4.74 Å². The molecule has 0 aliphatic rings. The van der Waals surface area contributed by atoms with Crippen LogP contribution in [0, 0.1) is 5.41 Å². The molecule has 15 heavy (non-hydrogen) atoms. The summed E-state index contributed by atoms with van der Waals surface area (Å²) in [5, 5.41) is 0.647. The molecule has 0 atom stereocenters. The van der Waals surface area contributed by atoms with E-state index in [1.165, 1.54) is 0 Å². The Hall–Kier alpha value is -0.900. The van der Waals surface area contributed by atoms with Crippen molar-refractivity contribution in [3.63, 3.8) is 0 Å². The Balaban J connectivity index is 2.77. The Kier molecular flexibility index (Phi) is 3.85. The number of carbonyl (C=O) groups excluding carboxylic acids is 1. The second-order valence-electron chi connectivity index (χ2n) is 4.24. The van der Waals surface area contributed by atoms with E-state index in [1.54, 1.807) is 6.07 Å². The Morgan fingerprint density at radius 3 is 2.67 bits per heavy atom. The first kappa shape index (κ1) is 12.2.